The van der Waals surface area contributed by atoms with Crippen molar-refractivity contribution in [1.29, 1.82) is 0 Å². The van der Waals surface area contributed by atoms with Crippen molar-refractivity contribution >= 4 is 28.3 Å². The molecule has 0 atom stereocenters. The Labute approximate surface area is 125 Å². The first kappa shape index (κ1) is 13.4. The zero-order valence-corrected chi connectivity index (χ0v) is 11.5. The number of carboxylic acids is 1. The number of ether oxygens (including phenoxy) is 1. The Balaban J connectivity index is 2.11. The molecule has 4 nitrogen and oxygen atoms in total. The molecule has 21 heavy (non-hydrogen) atoms. The molecular formula is C16H10ClNO3. The second kappa shape index (κ2) is 5.42. The number of benzene rings is 2. The number of nitrogens with zero attached hydrogens (tertiary/aromatic N) is 1. The number of carbonyl (C=O) groups is 1. The van der Waals surface area contributed by atoms with Crippen LogP contribution in [0.3, 0.4) is 0 Å². The van der Waals surface area contributed by atoms with Crippen LogP contribution < -0.4 is 4.74 Å². The van der Waals surface area contributed by atoms with E-state index in [1.807, 2.05) is 24.3 Å². The van der Waals surface area contributed by atoms with Gasteiger partial charge in [-0.05, 0) is 24.3 Å². The van der Waals surface area contributed by atoms with E-state index >= 15 is 0 Å². The summed E-state index contributed by atoms with van der Waals surface area (Å²) in [5.41, 5.74) is 0.0107. The van der Waals surface area contributed by atoms with Crippen LogP contribution in [0.4, 0.5) is 0 Å². The predicted octanol–water partition coefficient (Wildman–Crippen LogP) is 4.38. The Kier molecular flexibility index (Phi) is 3.46. The Hall–Kier alpha value is -2.59. The lowest BCUT2D eigenvalue weighted by Gasteiger charge is -2.10. The van der Waals surface area contributed by atoms with Gasteiger partial charge in [0.1, 0.15) is 11.3 Å². The van der Waals surface area contributed by atoms with Crippen molar-refractivity contribution in [3.63, 3.8) is 0 Å². The second-order valence-electron chi connectivity index (χ2n) is 4.35. The van der Waals surface area contributed by atoms with Crippen molar-refractivity contribution in [1.82, 2.24) is 4.98 Å². The van der Waals surface area contributed by atoms with E-state index in [1.165, 1.54) is 12.3 Å². The second-order valence-corrected chi connectivity index (χ2v) is 4.76. The van der Waals surface area contributed by atoms with Gasteiger partial charge in [0.25, 0.3) is 0 Å². The van der Waals surface area contributed by atoms with Crippen LogP contribution in [0.25, 0.3) is 10.8 Å². The van der Waals surface area contributed by atoms with Gasteiger partial charge in [0.2, 0.25) is 5.88 Å². The van der Waals surface area contributed by atoms with Crippen molar-refractivity contribution in [3.8, 4) is 11.6 Å². The van der Waals surface area contributed by atoms with E-state index in [0.29, 0.717) is 10.8 Å². The highest BCUT2D eigenvalue weighted by molar-refractivity contribution is 6.35. The first-order valence-electron chi connectivity index (χ1n) is 6.20. The Morgan fingerprint density at radius 3 is 2.57 bits per heavy atom. The molecule has 0 aliphatic carbocycles. The minimum Gasteiger partial charge on any atom is -0.477 e. The number of carboxylic acid groups (broad SMARTS) is 1. The van der Waals surface area contributed by atoms with Gasteiger partial charge < -0.3 is 9.84 Å². The van der Waals surface area contributed by atoms with Gasteiger partial charge in [0, 0.05) is 22.0 Å². The molecule has 5 heteroatoms. The van der Waals surface area contributed by atoms with Gasteiger partial charge in [0.15, 0.2) is 0 Å². The highest BCUT2D eigenvalue weighted by atomic mass is 35.5. The van der Waals surface area contributed by atoms with Gasteiger partial charge in [0.05, 0.1) is 0 Å². The maximum atomic E-state index is 11.2. The number of hydrogen-bond donors (Lipinski definition) is 1. The third-order valence-electron chi connectivity index (χ3n) is 3.04. The summed E-state index contributed by atoms with van der Waals surface area (Å²) in [5, 5.41) is 11.4. The van der Waals surface area contributed by atoms with E-state index in [4.69, 9.17) is 21.4 Å². The zero-order chi connectivity index (χ0) is 14.8. The molecule has 1 heterocycles. The molecule has 2 aromatic carbocycles. The first-order valence-corrected chi connectivity index (χ1v) is 6.58. The van der Waals surface area contributed by atoms with E-state index in [0.717, 1.165) is 10.8 Å². The quantitative estimate of drug-likeness (QED) is 0.779. The lowest BCUT2D eigenvalue weighted by atomic mass is 10.1. The largest absolute Gasteiger partial charge is 0.477 e. The molecule has 0 radical (unpaired) electrons. The molecule has 0 saturated heterocycles. The van der Waals surface area contributed by atoms with Crippen molar-refractivity contribution in [3.05, 3.63) is 65.3 Å². The van der Waals surface area contributed by atoms with Crippen molar-refractivity contribution in [2.75, 3.05) is 0 Å². The van der Waals surface area contributed by atoms with Gasteiger partial charge in [-0.2, -0.15) is 0 Å². The maximum absolute atomic E-state index is 11.2. The number of fused-ring (bicyclic) bond motifs is 1. The summed E-state index contributed by atoms with van der Waals surface area (Å²) in [6, 6.07) is 13.9. The zero-order valence-electron chi connectivity index (χ0n) is 10.8. The summed E-state index contributed by atoms with van der Waals surface area (Å²) in [7, 11) is 0. The molecule has 0 aliphatic heterocycles. The predicted molar refractivity (Wildman–Crippen MR) is 80.2 cm³/mol. The number of halogens is 1. The monoisotopic (exact) mass is 299 g/mol. The average Bonchev–Trinajstić information content (AvgIpc) is 2.51. The third-order valence-corrected chi connectivity index (χ3v) is 3.37. The Bertz CT molecular complexity index is 833. The summed E-state index contributed by atoms with van der Waals surface area (Å²) >= 11 is 6.15. The van der Waals surface area contributed by atoms with Crippen LogP contribution in [0, 0.1) is 0 Å². The molecule has 0 saturated carbocycles. The fraction of sp³-hybridized carbons (Fsp3) is 0. The number of aromatic nitrogens is 1. The van der Waals surface area contributed by atoms with Crippen LogP contribution >= 0.6 is 11.6 Å². The molecular weight excluding hydrogens is 290 g/mol. The first-order chi connectivity index (χ1) is 10.2. The average molecular weight is 300 g/mol. The molecule has 1 N–H and O–H groups in total. The van der Waals surface area contributed by atoms with E-state index in [2.05, 4.69) is 4.98 Å². The third kappa shape index (κ3) is 2.53. The number of rotatable bonds is 3. The molecule has 1 aromatic heterocycles. The standard InChI is InChI=1S/C16H10ClNO3/c17-13-7-8-14(11-5-2-1-4-10(11)13)21-15-12(16(19)20)6-3-9-18-15/h1-9H,(H,19,20). The lowest BCUT2D eigenvalue weighted by molar-refractivity contribution is 0.0693. The summed E-state index contributed by atoms with van der Waals surface area (Å²) in [5.74, 6) is -0.523. The van der Waals surface area contributed by atoms with E-state index < -0.39 is 5.97 Å². The minimum atomic E-state index is -1.09. The number of aromatic carboxylic acids is 1. The fourth-order valence-corrected chi connectivity index (χ4v) is 2.29. The lowest BCUT2D eigenvalue weighted by Crippen LogP contribution is -2.01. The van der Waals surface area contributed by atoms with Gasteiger partial charge in [-0.15, -0.1) is 0 Å². The van der Waals surface area contributed by atoms with E-state index in [9.17, 15) is 4.79 Å². The maximum Gasteiger partial charge on any atom is 0.341 e. The number of hydrogen-bond acceptors (Lipinski definition) is 3. The normalized spacial score (nSPS) is 10.5. The van der Waals surface area contributed by atoms with E-state index in [1.54, 1.807) is 18.2 Å². The van der Waals surface area contributed by atoms with Crippen LogP contribution in [-0.4, -0.2) is 16.1 Å². The molecule has 0 bridgehead atoms. The van der Waals surface area contributed by atoms with Crippen molar-refractivity contribution in [2.45, 2.75) is 0 Å². The molecule has 0 aliphatic rings. The highest BCUT2D eigenvalue weighted by Gasteiger charge is 2.14. The molecule has 0 unspecified atom stereocenters. The Morgan fingerprint density at radius 1 is 1.05 bits per heavy atom. The van der Waals surface area contributed by atoms with Gasteiger partial charge in [-0.1, -0.05) is 35.9 Å². The molecule has 0 spiro atoms. The van der Waals surface area contributed by atoms with Gasteiger partial charge in [-0.3, -0.25) is 0 Å². The smallest absolute Gasteiger partial charge is 0.341 e. The van der Waals surface area contributed by atoms with Crippen LogP contribution in [-0.2, 0) is 0 Å². The van der Waals surface area contributed by atoms with Crippen LogP contribution in [0.1, 0.15) is 10.4 Å². The van der Waals surface area contributed by atoms with Gasteiger partial charge in [-0.25, -0.2) is 9.78 Å². The van der Waals surface area contributed by atoms with Crippen molar-refractivity contribution in [2.24, 2.45) is 0 Å². The molecule has 0 amide bonds. The molecule has 0 fully saturated rings. The topological polar surface area (TPSA) is 59.4 Å². The van der Waals surface area contributed by atoms with Crippen LogP contribution in [0.2, 0.25) is 5.02 Å². The Morgan fingerprint density at radius 2 is 1.81 bits per heavy atom. The van der Waals surface area contributed by atoms with Crippen LogP contribution in [0.5, 0.6) is 11.6 Å². The summed E-state index contributed by atoms with van der Waals surface area (Å²) in [4.78, 5) is 15.2. The SMILES string of the molecule is O=C(O)c1cccnc1Oc1ccc(Cl)c2ccccc12. The highest BCUT2D eigenvalue weighted by Crippen LogP contribution is 2.34. The van der Waals surface area contributed by atoms with E-state index in [-0.39, 0.29) is 11.4 Å². The summed E-state index contributed by atoms with van der Waals surface area (Å²) in [6.07, 6.45) is 1.49. The minimum absolute atomic E-state index is 0.0107. The fourth-order valence-electron chi connectivity index (χ4n) is 2.06. The molecule has 3 rings (SSSR count). The molecule has 104 valence electrons. The number of pyridine rings is 1. The van der Waals surface area contributed by atoms with Gasteiger partial charge >= 0.3 is 5.97 Å². The van der Waals surface area contributed by atoms with Crippen LogP contribution in [0.15, 0.2) is 54.7 Å². The summed E-state index contributed by atoms with van der Waals surface area (Å²) < 4.78 is 5.69. The summed E-state index contributed by atoms with van der Waals surface area (Å²) in [6.45, 7) is 0. The molecule has 3 aromatic rings. The van der Waals surface area contributed by atoms with Crippen molar-refractivity contribution < 1.29 is 14.6 Å².